The zero-order valence-corrected chi connectivity index (χ0v) is 13.0. The van der Waals surface area contributed by atoms with Crippen LogP contribution in [0.5, 0.6) is 0 Å². The van der Waals surface area contributed by atoms with Gasteiger partial charge in [-0.3, -0.25) is 4.57 Å². The van der Waals surface area contributed by atoms with Gasteiger partial charge in [-0.1, -0.05) is 40.2 Å². The van der Waals surface area contributed by atoms with E-state index in [0.29, 0.717) is 5.95 Å². The van der Waals surface area contributed by atoms with Gasteiger partial charge in [-0.25, -0.2) is 19.9 Å². The average molecular weight is 352 g/mol. The third-order valence-corrected chi connectivity index (χ3v) is 3.87. The largest absolute Gasteiger partial charge is 0.260 e. The molecule has 0 saturated carbocycles. The number of para-hydroxylation sites is 2. The molecule has 5 nitrogen and oxygen atoms in total. The van der Waals surface area contributed by atoms with Crippen LogP contribution in [0.25, 0.3) is 28.4 Å². The molecule has 0 aliphatic rings. The summed E-state index contributed by atoms with van der Waals surface area (Å²) in [4.78, 5) is 17.2. The summed E-state index contributed by atoms with van der Waals surface area (Å²) in [6.07, 6.45) is 2.98. The van der Waals surface area contributed by atoms with Crippen LogP contribution in [0.2, 0.25) is 0 Å². The number of hydrogen-bond donors (Lipinski definition) is 0. The molecule has 0 amide bonds. The Bertz CT molecular complexity index is 932. The van der Waals surface area contributed by atoms with Crippen LogP contribution in [0.3, 0.4) is 0 Å². The van der Waals surface area contributed by atoms with Crippen LogP contribution in [0, 0.1) is 0 Å². The molecule has 0 N–H and O–H groups in total. The molecule has 0 bridgehead atoms. The van der Waals surface area contributed by atoms with Crippen LogP contribution in [-0.2, 0) is 0 Å². The van der Waals surface area contributed by atoms with Crippen molar-refractivity contribution in [2.75, 3.05) is 0 Å². The third-order valence-electron chi connectivity index (χ3n) is 3.34. The minimum Gasteiger partial charge on any atom is -0.260 e. The second-order valence-electron chi connectivity index (χ2n) is 4.70. The van der Waals surface area contributed by atoms with E-state index in [1.54, 1.807) is 0 Å². The molecule has 0 atom stereocenters. The number of hydrogen-bond acceptors (Lipinski definition) is 4. The summed E-state index contributed by atoms with van der Waals surface area (Å²) in [7, 11) is 0. The molecule has 4 aromatic rings. The Hall–Kier alpha value is -2.60. The number of nitrogens with zero attached hydrogens (tertiary/aromatic N) is 5. The van der Waals surface area contributed by atoms with E-state index in [9.17, 15) is 0 Å². The van der Waals surface area contributed by atoms with Crippen LogP contribution in [0.15, 0.2) is 65.7 Å². The molecule has 2 aromatic heterocycles. The lowest BCUT2D eigenvalue weighted by molar-refractivity contribution is 0.917. The van der Waals surface area contributed by atoms with Crippen molar-refractivity contribution in [3.05, 3.63) is 65.7 Å². The number of aromatic nitrogens is 5. The van der Waals surface area contributed by atoms with Gasteiger partial charge in [0.2, 0.25) is 5.95 Å². The van der Waals surface area contributed by atoms with Crippen molar-refractivity contribution in [3.63, 3.8) is 0 Å². The van der Waals surface area contributed by atoms with Crippen LogP contribution in [-0.4, -0.2) is 24.5 Å². The lowest BCUT2D eigenvalue weighted by Gasteiger charge is -2.06. The lowest BCUT2D eigenvalue weighted by atomic mass is 10.2. The van der Waals surface area contributed by atoms with Crippen LogP contribution in [0.1, 0.15) is 0 Å². The third kappa shape index (κ3) is 2.17. The van der Waals surface area contributed by atoms with E-state index < -0.39 is 0 Å². The van der Waals surface area contributed by atoms with E-state index in [1.807, 2.05) is 53.1 Å². The zero-order chi connectivity index (χ0) is 14.9. The van der Waals surface area contributed by atoms with E-state index in [1.165, 1.54) is 12.7 Å². The molecule has 0 spiro atoms. The van der Waals surface area contributed by atoms with Gasteiger partial charge in [0.25, 0.3) is 0 Å². The molecule has 0 saturated heterocycles. The summed E-state index contributed by atoms with van der Waals surface area (Å²) in [6, 6.07) is 16.0. The molecule has 22 heavy (non-hydrogen) atoms. The number of benzene rings is 2. The van der Waals surface area contributed by atoms with Crippen molar-refractivity contribution in [1.29, 1.82) is 0 Å². The molecule has 0 aliphatic carbocycles. The predicted octanol–water partition coefficient (Wildman–Crippen LogP) is 3.64. The highest BCUT2D eigenvalue weighted by Gasteiger charge is 2.15. The Balaban J connectivity index is 2.04. The minimum absolute atomic E-state index is 0.557. The first-order chi connectivity index (χ1) is 10.8. The van der Waals surface area contributed by atoms with E-state index in [-0.39, 0.29) is 0 Å². The fourth-order valence-corrected chi connectivity index (χ4v) is 2.63. The maximum Gasteiger partial charge on any atom is 0.238 e. The molecule has 0 unspecified atom stereocenters. The highest BCUT2D eigenvalue weighted by Crippen LogP contribution is 2.27. The van der Waals surface area contributed by atoms with Gasteiger partial charge < -0.3 is 0 Å². The van der Waals surface area contributed by atoms with E-state index >= 15 is 0 Å². The van der Waals surface area contributed by atoms with Gasteiger partial charge in [0, 0.05) is 10.0 Å². The quantitative estimate of drug-likeness (QED) is 0.553. The summed E-state index contributed by atoms with van der Waals surface area (Å²) in [5, 5.41) is 0. The molecule has 0 radical (unpaired) electrons. The zero-order valence-electron chi connectivity index (χ0n) is 11.4. The molecule has 2 aromatic carbocycles. The van der Waals surface area contributed by atoms with Gasteiger partial charge in [0.05, 0.1) is 11.0 Å². The van der Waals surface area contributed by atoms with Crippen LogP contribution < -0.4 is 0 Å². The van der Waals surface area contributed by atoms with Crippen molar-refractivity contribution in [3.8, 4) is 17.3 Å². The van der Waals surface area contributed by atoms with Crippen molar-refractivity contribution in [2.24, 2.45) is 0 Å². The second-order valence-corrected chi connectivity index (χ2v) is 5.62. The number of imidazole rings is 1. The Morgan fingerprint density at radius 2 is 1.59 bits per heavy atom. The Morgan fingerprint density at radius 1 is 0.864 bits per heavy atom. The molecule has 0 fully saturated rings. The van der Waals surface area contributed by atoms with Gasteiger partial charge in [-0.15, -0.1) is 0 Å². The van der Waals surface area contributed by atoms with Gasteiger partial charge in [-0.2, -0.15) is 0 Å². The summed E-state index contributed by atoms with van der Waals surface area (Å²) < 4.78 is 2.97. The maximum atomic E-state index is 4.74. The molecule has 2 heterocycles. The Kier molecular flexibility index (Phi) is 3.16. The molecule has 4 rings (SSSR count). The molecule has 0 aliphatic heterocycles. The van der Waals surface area contributed by atoms with Crippen LogP contribution >= 0.6 is 15.9 Å². The van der Waals surface area contributed by atoms with Crippen molar-refractivity contribution in [1.82, 2.24) is 24.5 Å². The number of halogens is 1. The highest BCUT2D eigenvalue weighted by atomic mass is 79.9. The lowest BCUT2D eigenvalue weighted by Crippen LogP contribution is -2.03. The SMILES string of the molecule is Brc1ccc(-c2nc3ccccc3n2-c2ncncn2)cc1. The Morgan fingerprint density at radius 3 is 2.36 bits per heavy atom. The fraction of sp³-hybridized carbons (Fsp3) is 0. The number of rotatable bonds is 2. The monoisotopic (exact) mass is 351 g/mol. The van der Waals surface area contributed by atoms with Crippen molar-refractivity contribution < 1.29 is 0 Å². The topological polar surface area (TPSA) is 56.5 Å². The summed E-state index contributed by atoms with van der Waals surface area (Å²) >= 11 is 3.46. The van der Waals surface area contributed by atoms with Crippen molar-refractivity contribution >= 4 is 27.0 Å². The maximum absolute atomic E-state index is 4.74. The minimum atomic E-state index is 0.557. The average Bonchev–Trinajstić information content (AvgIpc) is 2.96. The van der Waals surface area contributed by atoms with E-state index in [4.69, 9.17) is 4.98 Å². The first kappa shape index (κ1) is 13.1. The normalized spacial score (nSPS) is 11.0. The summed E-state index contributed by atoms with van der Waals surface area (Å²) in [5.41, 5.74) is 2.87. The van der Waals surface area contributed by atoms with Gasteiger partial charge >= 0.3 is 0 Å². The fourth-order valence-electron chi connectivity index (χ4n) is 2.37. The highest BCUT2D eigenvalue weighted by molar-refractivity contribution is 9.10. The first-order valence-corrected chi connectivity index (χ1v) is 7.48. The summed E-state index contributed by atoms with van der Waals surface area (Å²) in [6.45, 7) is 0. The van der Waals surface area contributed by atoms with Gasteiger partial charge in [-0.05, 0) is 24.3 Å². The molecule has 6 heteroatoms. The van der Waals surface area contributed by atoms with E-state index in [0.717, 1.165) is 26.9 Å². The van der Waals surface area contributed by atoms with E-state index in [2.05, 4.69) is 30.9 Å². The summed E-state index contributed by atoms with van der Waals surface area (Å²) in [5.74, 6) is 1.36. The first-order valence-electron chi connectivity index (χ1n) is 6.69. The molecular weight excluding hydrogens is 342 g/mol. The van der Waals surface area contributed by atoms with Gasteiger partial charge in [0.1, 0.15) is 18.5 Å². The number of fused-ring (bicyclic) bond motifs is 1. The smallest absolute Gasteiger partial charge is 0.238 e. The van der Waals surface area contributed by atoms with Gasteiger partial charge in [0.15, 0.2) is 0 Å². The Labute approximate surface area is 134 Å². The molecular formula is C16H10BrN5. The molecule has 106 valence electrons. The second kappa shape index (κ2) is 5.31. The standard InChI is InChI=1S/C16H10BrN5/c17-12-7-5-11(6-8-12)15-21-13-3-1-2-4-14(13)22(15)16-19-9-18-10-20-16/h1-10H. The van der Waals surface area contributed by atoms with Crippen LogP contribution in [0.4, 0.5) is 0 Å². The van der Waals surface area contributed by atoms with Crippen molar-refractivity contribution in [2.45, 2.75) is 0 Å². The predicted molar refractivity (Wildman–Crippen MR) is 87.6 cm³/mol.